The molecular formula is C12H16S. The highest BCUT2D eigenvalue weighted by molar-refractivity contribution is 7.79. The Bertz CT molecular complexity index is 274. The highest BCUT2D eigenvalue weighted by Gasteiger charge is 2.18. The summed E-state index contributed by atoms with van der Waals surface area (Å²) in [5, 5.41) is 0. The van der Waals surface area contributed by atoms with E-state index in [1.807, 2.05) is 0 Å². The SMILES string of the molecule is SCc1ccccc1C1CCCC1. The highest BCUT2D eigenvalue weighted by atomic mass is 32.1. The van der Waals surface area contributed by atoms with Crippen LogP contribution in [0.1, 0.15) is 42.7 Å². The summed E-state index contributed by atoms with van der Waals surface area (Å²) in [6.07, 6.45) is 5.58. The highest BCUT2D eigenvalue weighted by Crippen LogP contribution is 2.35. The Balaban J connectivity index is 2.26. The molecule has 1 aromatic carbocycles. The molecular weight excluding hydrogens is 176 g/mol. The van der Waals surface area contributed by atoms with E-state index in [-0.39, 0.29) is 0 Å². The van der Waals surface area contributed by atoms with Crippen molar-refractivity contribution in [1.29, 1.82) is 0 Å². The quantitative estimate of drug-likeness (QED) is 0.677. The second kappa shape index (κ2) is 4.19. The second-order valence-electron chi connectivity index (χ2n) is 3.84. The molecule has 1 saturated carbocycles. The zero-order chi connectivity index (χ0) is 9.10. The normalized spacial score (nSPS) is 17.9. The summed E-state index contributed by atoms with van der Waals surface area (Å²) in [5.41, 5.74) is 2.98. The van der Waals surface area contributed by atoms with Crippen LogP contribution in [0.15, 0.2) is 24.3 Å². The summed E-state index contributed by atoms with van der Waals surface area (Å²) < 4.78 is 0. The van der Waals surface area contributed by atoms with Crippen molar-refractivity contribution in [2.75, 3.05) is 0 Å². The van der Waals surface area contributed by atoms with Gasteiger partial charge in [-0.1, -0.05) is 37.1 Å². The molecule has 70 valence electrons. The first-order valence-corrected chi connectivity index (χ1v) is 5.73. The standard InChI is InChI=1S/C12H16S/c13-9-11-7-3-4-8-12(11)10-5-1-2-6-10/h3-4,7-8,10,13H,1-2,5-6,9H2. The molecule has 0 heterocycles. The van der Waals surface area contributed by atoms with E-state index < -0.39 is 0 Å². The lowest BCUT2D eigenvalue weighted by Gasteiger charge is -2.13. The summed E-state index contributed by atoms with van der Waals surface area (Å²) in [6, 6.07) is 8.76. The van der Waals surface area contributed by atoms with E-state index >= 15 is 0 Å². The van der Waals surface area contributed by atoms with Crippen LogP contribution < -0.4 is 0 Å². The molecule has 1 fully saturated rings. The predicted molar refractivity (Wildman–Crippen MR) is 60.3 cm³/mol. The van der Waals surface area contributed by atoms with Crippen LogP contribution in [-0.2, 0) is 5.75 Å². The zero-order valence-corrected chi connectivity index (χ0v) is 8.76. The van der Waals surface area contributed by atoms with Crippen LogP contribution >= 0.6 is 12.6 Å². The Morgan fingerprint density at radius 3 is 2.54 bits per heavy atom. The van der Waals surface area contributed by atoms with Gasteiger partial charge < -0.3 is 0 Å². The molecule has 2 rings (SSSR count). The Kier molecular flexibility index (Phi) is 2.94. The molecule has 0 unspecified atom stereocenters. The van der Waals surface area contributed by atoms with Crippen molar-refractivity contribution in [2.24, 2.45) is 0 Å². The minimum Gasteiger partial charge on any atom is -0.175 e. The molecule has 13 heavy (non-hydrogen) atoms. The third kappa shape index (κ3) is 1.91. The molecule has 0 aliphatic heterocycles. The van der Waals surface area contributed by atoms with Gasteiger partial charge in [0, 0.05) is 5.75 Å². The minimum absolute atomic E-state index is 0.823. The number of thiol groups is 1. The summed E-state index contributed by atoms with van der Waals surface area (Å²) >= 11 is 4.37. The number of hydrogen-bond acceptors (Lipinski definition) is 1. The Hall–Kier alpha value is -0.430. The van der Waals surface area contributed by atoms with Gasteiger partial charge in [-0.15, -0.1) is 0 Å². The molecule has 0 spiro atoms. The van der Waals surface area contributed by atoms with Crippen molar-refractivity contribution < 1.29 is 0 Å². The van der Waals surface area contributed by atoms with Crippen LogP contribution in [0, 0.1) is 0 Å². The van der Waals surface area contributed by atoms with E-state index in [1.165, 1.54) is 31.2 Å². The van der Waals surface area contributed by atoms with Gasteiger partial charge in [0.2, 0.25) is 0 Å². The van der Waals surface area contributed by atoms with Gasteiger partial charge >= 0.3 is 0 Å². The molecule has 0 atom stereocenters. The minimum atomic E-state index is 0.823. The van der Waals surface area contributed by atoms with E-state index in [9.17, 15) is 0 Å². The summed E-state index contributed by atoms with van der Waals surface area (Å²) in [6.45, 7) is 0. The summed E-state index contributed by atoms with van der Waals surface area (Å²) in [7, 11) is 0. The molecule has 0 amide bonds. The number of hydrogen-bond donors (Lipinski definition) is 1. The lowest BCUT2D eigenvalue weighted by Crippen LogP contribution is -1.96. The largest absolute Gasteiger partial charge is 0.175 e. The fourth-order valence-corrected chi connectivity index (χ4v) is 2.60. The van der Waals surface area contributed by atoms with E-state index in [1.54, 1.807) is 5.56 Å². The maximum Gasteiger partial charge on any atom is 0.0157 e. The monoisotopic (exact) mass is 192 g/mol. The molecule has 0 aromatic heterocycles. The van der Waals surface area contributed by atoms with E-state index in [2.05, 4.69) is 36.9 Å². The van der Waals surface area contributed by atoms with E-state index in [0.29, 0.717) is 0 Å². The van der Waals surface area contributed by atoms with Crippen molar-refractivity contribution in [1.82, 2.24) is 0 Å². The van der Waals surface area contributed by atoms with Crippen molar-refractivity contribution >= 4 is 12.6 Å². The van der Waals surface area contributed by atoms with Crippen LogP contribution in [0.3, 0.4) is 0 Å². The summed E-state index contributed by atoms with van der Waals surface area (Å²) in [5.74, 6) is 1.70. The second-order valence-corrected chi connectivity index (χ2v) is 4.15. The van der Waals surface area contributed by atoms with Crippen molar-refractivity contribution in [3.8, 4) is 0 Å². The molecule has 1 aromatic rings. The lowest BCUT2D eigenvalue weighted by atomic mass is 9.94. The van der Waals surface area contributed by atoms with Gasteiger partial charge in [-0.25, -0.2) is 0 Å². The van der Waals surface area contributed by atoms with Crippen LogP contribution in [0.5, 0.6) is 0 Å². The first-order chi connectivity index (χ1) is 6.42. The molecule has 0 N–H and O–H groups in total. The lowest BCUT2D eigenvalue weighted by molar-refractivity contribution is 0.717. The predicted octanol–water partition coefficient (Wildman–Crippen LogP) is 3.77. The fraction of sp³-hybridized carbons (Fsp3) is 0.500. The van der Waals surface area contributed by atoms with Crippen LogP contribution in [-0.4, -0.2) is 0 Å². The smallest absolute Gasteiger partial charge is 0.0157 e. The van der Waals surface area contributed by atoms with Crippen molar-refractivity contribution in [2.45, 2.75) is 37.4 Å². The van der Waals surface area contributed by atoms with Crippen molar-refractivity contribution in [3.63, 3.8) is 0 Å². The van der Waals surface area contributed by atoms with Gasteiger partial charge in [0.25, 0.3) is 0 Å². The van der Waals surface area contributed by atoms with Crippen molar-refractivity contribution in [3.05, 3.63) is 35.4 Å². The van der Waals surface area contributed by atoms with Gasteiger partial charge in [-0.3, -0.25) is 0 Å². The number of benzene rings is 1. The van der Waals surface area contributed by atoms with E-state index in [4.69, 9.17) is 0 Å². The van der Waals surface area contributed by atoms with Gasteiger partial charge in [0.05, 0.1) is 0 Å². The molecule has 1 aliphatic rings. The van der Waals surface area contributed by atoms with Crippen LogP contribution in [0.25, 0.3) is 0 Å². The van der Waals surface area contributed by atoms with Gasteiger partial charge in [-0.2, -0.15) is 12.6 Å². The van der Waals surface area contributed by atoms with Crippen LogP contribution in [0.2, 0.25) is 0 Å². The zero-order valence-electron chi connectivity index (χ0n) is 7.87. The summed E-state index contributed by atoms with van der Waals surface area (Å²) in [4.78, 5) is 0. The van der Waals surface area contributed by atoms with Gasteiger partial charge in [0.15, 0.2) is 0 Å². The Labute approximate surface area is 85.8 Å². The molecule has 1 heteroatoms. The third-order valence-corrected chi connectivity index (χ3v) is 3.36. The first kappa shape index (κ1) is 9.14. The molecule has 0 saturated heterocycles. The molecule has 0 bridgehead atoms. The Morgan fingerprint density at radius 2 is 1.85 bits per heavy atom. The maximum atomic E-state index is 4.37. The maximum absolute atomic E-state index is 4.37. The molecule has 0 radical (unpaired) electrons. The third-order valence-electron chi connectivity index (χ3n) is 3.02. The topological polar surface area (TPSA) is 0 Å². The van der Waals surface area contributed by atoms with Gasteiger partial charge in [-0.05, 0) is 29.9 Å². The van der Waals surface area contributed by atoms with Gasteiger partial charge in [0.1, 0.15) is 0 Å². The molecule has 0 nitrogen and oxygen atoms in total. The first-order valence-electron chi connectivity index (χ1n) is 5.10. The average molecular weight is 192 g/mol. The number of rotatable bonds is 2. The average Bonchev–Trinajstić information content (AvgIpc) is 2.70. The van der Waals surface area contributed by atoms with Crippen LogP contribution in [0.4, 0.5) is 0 Å². The Morgan fingerprint density at radius 1 is 1.15 bits per heavy atom. The van der Waals surface area contributed by atoms with E-state index in [0.717, 1.165) is 11.7 Å². The molecule has 1 aliphatic carbocycles. The fourth-order valence-electron chi connectivity index (χ4n) is 2.31.